The minimum absolute atomic E-state index is 0.817. The number of aromatic amines is 1. The van der Waals surface area contributed by atoms with Crippen molar-refractivity contribution in [1.29, 1.82) is 0 Å². The summed E-state index contributed by atoms with van der Waals surface area (Å²) in [6.07, 6.45) is 3.13. The zero-order valence-corrected chi connectivity index (χ0v) is 11.3. The van der Waals surface area contributed by atoms with Crippen LogP contribution >= 0.6 is 0 Å². The van der Waals surface area contributed by atoms with Gasteiger partial charge in [-0.05, 0) is 19.9 Å². The minimum Gasteiger partial charge on any atom is -0.346 e. The van der Waals surface area contributed by atoms with Crippen molar-refractivity contribution < 1.29 is 0 Å². The van der Waals surface area contributed by atoms with Crippen LogP contribution in [0.15, 0.2) is 12.3 Å². The monoisotopic (exact) mass is 221 g/mol. The lowest BCUT2D eigenvalue weighted by Gasteiger charge is -1.95. The molecule has 16 heavy (non-hydrogen) atoms. The number of fused-ring (bicyclic) bond motifs is 1. The van der Waals surface area contributed by atoms with E-state index >= 15 is 0 Å². The first-order valence-electron chi connectivity index (χ1n) is 5.97. The van der Waals surface area contributed by atoms with Crippen molar-refractivity contribution in [1.82, 2.24) is 15.0 Å². The van der Waals surface area contributed by atoms with Crippen LogP contribution in [-0.4, -0.2) is 15.0 Å². The first-order chi connectivity index (χ1) is 7.69. The molecule has 0 atom stereocenters. The van der Waals surface area contributed by atoms with Gasteiger partial charge in [0, 0.05) is 11.6 Å². The quantitative estimate of drug-likeness (QED) is 0.730. The molecule has 2 aromatic rings. The number of rotatable bonds is 0. The highest BCUT2D eigenvalue weighted by atomic mass is 14.9. The summed E-state index contributed by atoms with van der Waals surface area (Å²) in [5, 5.41) is 1.11. The molecule has 1 N–H and O–H groups in total. The Morgan fingerprint density at radius 2 is 1.69 bits per heavy atom. The lowest BCUT2D eigenvalue weighted by atomic mass is 10.3. The number of hydrogen-bond acceptors (Lipinski definition) is 2. The number of aromatic nitrogens is 3. The third-order valence-electron chi connectivity index (χ3n) is 1.72. The maximum Gasteiger partial charge on any atom is 0.141 e. The summed E-state index contributed by atoms with van der Waals surface area (Å²) in [4.78, 5) is 11.5. The number of aryl methyl sites for hydroxylation is 2. The Kier molecular flexibility index (Phi) is 7.18. The van der Waals surface area contributed by atoms with Gasteiger partial charge in [-0.1, -0.05) is 34.1 Å². The molecule has 0 aliphatic rings. The topological polar surface area (TPSA) is 41.6 Å². The van der Waals surface area contributed by atoms with Gasteiger partial charge >= 0.3 is 0 Å². The molecule has 0 saturated carbocycles. The molecular formula is C13H23N3. The molecular weight excluding hydrogens is 198 g/mol. The van der Waals surface area contributed by atoms with E-state index in [0.717, 1.165) is 22.6 Å². The standard InChI is InChI=1S/C8H9N3.C3H8.C2H6/c1-5-7-3-4-9-8(7)11-6(2)10-5;1-3-2;1-2/h3-4H,1-2H3,(H,9,10,11);3H2,1-2H3;1-2H3. The Hall–Kier alpha value is -1.38. The van der Waals surface area contributed by atoms with Gasteiger partial charge in [0.1, 0.15) is 11.5 Å². The third-order valence-corrected chi connectivity index (χ3v) is 1.72. The van der Waals surface area contributed by atoms with Gasteiger partial charge in [0.05, 0.1) is 5.69 Å². The molecule has 90 valence electrons. The van der Waals surface area contributed by atoms with E-state index in [9.17, 15) is 0 Å². The summed E-state index contributed by atoms with van der Waals surface area (Å²) < 4.78 is 0. The fraction of sp³-hybridized carbons (Fsp3) is 0.538. The summed E-state index contributed by atoms with van der Waals surface area (Å²) in [6, 6.07) is 1.99. The second kappa shape index (κ2) is 7.85. The number of H-pyrrole nitrogens is 1. The van der Waals surface area contributed by atoms with E-state index in [1.807, 2.05) is 40.0 Å². The molecule has 0 fully saturated rings. The predicted molar refractivity (Wildman–Crippen MR) is 70.7 cm³/mol. The molecule has 0 aliphatic carbocycles. The second-order valence-electron chi connectivity index (χ2n) is 3.30. The van der Waals surface area contributed by atoms with E-state index in [4.69, 9.17) is 0 Å². The van der Waals surface area contributed by atoms with Gasteiger partial charge in [-0.25, -0.2) is 9.97 Å². The van der Waals surface area contributed by atoms with Gasteiger partial charge in [-0.2, -0.15) is 0 Å². The van der Waals surface area contributed by atoms with Crippen LogP contribution in [-0.2, 0) is 0 Å². The summed E-state index contributed by atoms with van der Waals surface area (Å²) in [6.45, 7) is 12.1. The van der Waals surface area contributed by atoms with Crippen LogP contribution in [0.25, 0.3) is 11.0 Å². The van der Waals surface area contributed by atoms with Crippen molar-refractivity contribution in [2.75, 3.05) is 0 Å². The van der Waals surface area contributed by atoms with Gasteiger partial charge in [0.15, 0.2) is 0 Å². The normalized spacial score (nSPS) is 8.88. The fourth-order valence-electron chi connectivity index (χ4n) is 1.23. The van der Waals surface area contributed by atoms with E-state index in [-0.39, 0.29) is 0 Å². The van der Waals surface area contributed by atoms with E-state index in [1.54, 1.807) is 0 Å². The highest BCUT2D eigenvalue weighted by Crippen LogP contribution is 2.12. The molecule has 0 amide bonds. The average Bonchev–Trinajstić information content (AvgIpc) is 2.70. The Morgan fingerprint density at radius 3 is 2.25 bits per heavy atom. The van der Waals surface area contributed by atoms with Crippen LogP contribution in [0.5, 0.6) is 0 Å². The molecule has 0 bridgehead atoms. The maximum absolute atomic E-state index is 4.24. The zero-order valence-electron chi connectivity index (χ0n) is 11.3. The lowest BCUT2D eigenvalue weighted by Crippen LogP contribution is -1.90. The fourth-order valence-corrected chi connectivity index (χ4v) is 1.23. The van der Waals surface area contributed by atoms with Gasteiger partial charge in [0.2, 0.25) is 0 Å². The number of nitrogens with one attached hydrogen (secondary N) is 1. The SMILES string of the molecule is CC.CCC.Cc1nc(C)c2cc[nH]c2n1. The van der Waals surface area contributed by atoms with E-state index < -0.39 is 0 Å². The molecule has 3 heteroatoms. The maximum atomic E-state index is 4.24. The van der Waals surface area contributed by atoms with Crippen molar-refractivity contribution >= 4 is 11.0 Å². The molecule has 3 nitrogen and oxygen atoms in total. The molecule has 0 spiro atoms. The Balaban J connectivity index is 0.000000394. The van der Waals surface area contributed by atoms with Crippen molar-refractivity contribution in [3.63, 3.8) is 0 Å². The van der Waals surface area contributed by atoms with Crippen molar-refractivity contribution in [3.8, 4) is 0 Å². The average molecular weight is 221 g/mol. The first-order valence-corrected chi connectivity index (χ1v) is 5.97. The van der Waals surface area contributed by atoms with E-state index in [1.165, 1.54) is 6.42 Å². The van der Waals surface area contributed by atoms with Crippen molar-refractivity contribution in [2.24, 2.45) is 0 Å². The van der Waals surface area contributed by atoms with Crippen LogP contribution in [0, 0.1) is 13.8 Å². The smallest absolute Gasteiger partial charge is 0.141 e. The highest BCUT2D eigenvalue weighted by Gasteiger charge is 2.00. The molecule has 0 aliphatic heterocycles. The van der Waals surface area contributed by atoms with Gasteiger partial charge < -0.3 is 4.98 Å². The van der Waals surface area contributed by atoms with Crippen LogP contribution in [0.2, 0.25) is 0 Å². The van der Waals surface area contributed by atoms with Crippen LogP contribution < -0.4 is 0 Å². The molecule has 0 unspecified atom stereocenters. The van der Waals surface area contributed by atoms with Gasteiger partial charge in [0.25, 0.3) is 0 Å². The minimum atomic E-state index is 0.817. The van der Waals surface area contributed by atoms with Crippen LogP contribution in [0.3, 0.4) is 0 Å². The van der Waals surface area contributed by atoms with Crippen LogP contribution in [0.4, 0.5) is 0 Å². The molecule has 0 aromatic carbocycles. The van der Waals surface area contributed by atoms with E-state index in [2.05, 4.69) is 28.8 Å². The highest BCUT2D eigenvalue weighted by molar-refractivity contribution is 5.77. The summed E-state index contributed by atoms with van der Waals surface area (Å²) in [5.41, 5.74) is 1.96. The number of nitrogens with zero attached hydrogens (tertiary/aromatic N) is 2. The largest absolute Gasteiger partial charge is 0.346 e. The third kappa shape index (κ3) is 4.01. The lowest BCUT2D eigenvalue weighted by molar-refractivity contribution is 1.04. The van der Waals surface area contributed by atoms with Crippen molar-refractivity contribution in [3.05, 3.63) is 23.8 Å². The summed E-state index contributed by atoms with van der Waals surface area (Å²) in [7, 11) is 0. The van der Waals surface area contributed by atoms with Crippen LogP contribution in [0.1, 0.15) is 45.6 Å². The molecule has 0 radical (unpaired) electrons. The van der Waals surface area contributed by atoms with Crippen molar-refractivity contribution in [2.45, 2.75) is 48.0 Å². The first kappa shape index (κ1) is 14.6. The van der Waals surface area contributed by atoms with Gasteiger partial charge in [-0.15, -0.1) is 0 Å². The Labute approximate surface area is 98.3 Å². The molecule has 2 aromatic heterocycles. The molecule has 2 heterocycles. The molecule has 2 rings (SSSR count). The number of hydrogen-bond donors (Lipinski definition) is 1. The Morgan fingerprint density at radius 1 is 1.12 bits per heavy atom. The Bertz CT molecular complexity index is 404. The predicted octanol–water partition coefficient (Wildman–Crippen LogP) is 4.02. The van der Waals surface area contributed by atoms with E-state index in [0.29, 0.717) is 0 Å². The summed E-state index contributed by atoms with van der Waals surface area (Å²) >= 11 is 0. The van der Waals surface area contributed by atoms with Gasteiger partial charge in [-0.3, -0.25) is 0 Å². The zero-order chi connectivity index (χ0) is 12.6. The molecule has 0 saturated heterocycles. The second-order valence-corrected chi connectivity index (χ2v) is 3.30. The summed E-state index contributed by atoms with van der Waals surface area (Å²) in [5.74, 6) is 0.817.